The fraction of sp³-hybridized carbons (Fsp3) is 0.0714. The van der Waals surface area contributed by atoms with E-state index in [1.165, 1.54) is 12.1 Å². The highest BCUT2D eigenvalue weighted by Gasteiger charge is 2.30. The van der Waals surface area contributed by atoms with Crippen molar-refractivity contribution in [3.63, 3.8) is 0 Å². The molecule has 0 unspecified atom stereocenters. The number of carbonyl (C=O) groups excluding carboxylic acids is 1. The lowest BCUT2D eigenvalue weighted by molar-refractivity contribution is -0.137. The van der Waals surface area contributed by atoms with Crippen LogP contribution in [0.1, 0.15) is 5.56 Å². The topological polar surface area (TPSA) is 79.2 Å². The number of hydrazine groups is 1. The maximum Gasteiger partial charge on any atom is 0.416 e. The van der Waals surface area contributed by atoms with E-state index in [0.717, 1.165) is 12.1 Å². The number of carbonyl (C=O) groups is 1. The first-order chi connectivity index (χ1) is 10.4. The molecule has 0 atom stereocenters. The lowest BCUT2D eigenvalue weighted by Crippen LogP contribution is -2.33. The quantitative estimate of drug-likeness (QED) is 0.518. The van der Waals surface area contributed by atoms with Crippen LogP contribution >= 0.6 is 0 Å². The van der Waals surface area contributed by atoms with Crippen LogP contribution in [-0.4, -0.2) is 6.03 Å². The summed E-state index contributed by atoms with van der Waals surface area (Å²) in [6, 6.07) is 10.3. The molecule has 116 valence electrons. The number of anilines is 3. The van der Waals surface area contributed by atoms with E-state index in [2.05, 4.69) is 16.2 Å². The average Bonchev–Trinajstić information content (AvgIpc) is 2.46. The van der Waals surface area contributed by atoms with Crippen LogP contribution < -0.4 is 21.9 Å². The predicted octanol–water partition coefficient (Wildman–Crippen LogP) is 3.44. The molecule has 2 amide bonds. The molecule has 0 saturated heterocycles. The number of hydrogen-bond acceptors (Lipinski definition) is 3. The first kappa shape index (κ1) is 15.5. The molecule has 0 bridgehead atoms. The highest BCUT2D eigenvalue weighted by Crippen LogP contribution is 2.30. The lowest BCUT2D eigenvalue weighted by atomic mass is 10.2. The summed E-state index contributed by atoms with van der Waals surface area (Å²) >= 11 is 0. The average molecular weight is 310 g/mol. The second-order valence-corrected chi connectivity index (χ2v) is 4.37. The van der Waals surface area contributed by atoms with Gasteiger partial charge in [-0.15, -0.1) is 0 Å². The number of nitrogens with two attached hydrogens (primary N) is 1. The number of halogens is 3. The zero-order chi connectivity index (χ0) is 16.2. The van der Waals surface area contributed by atoms with E-state index in [4.69, 9.17) is 5.73 Å². The van der Waals surface area contributed by atoms with Crippen LogP contribution in [0.4, 0.5) is 35.0 Å². The monoisotopic (exact) mass is 310 g/mol. The van der Waals surface area contributed by atoms with Gasteiger partial charge in [0.05, 0.1) is 16.9 Å². The Hall–Kier alpha value is -2.90. The predicted molar refractivity (Wildman–Crippen MR) is 78.1 cm³/mol. The van der Waals surface area contributed by atoms with Crippen molar-refractivity contribution in [2.45, 2.75) is 6.18 Å². The Bertz CT molecular complexity index is 673. The molecule has 2 aromatic rings. The summed E-state index contributed by atoms with van der Waals surface area (Å²) in [4.78, 5) is 11.7. The number of amides is 2. The highest BCUT2D eigenvalue weighted by molar-refractivity contribution is 5.90. The molecular weight excluding hydrogens is 297 g/mol. The number of nitrogen functional groups attached to an aromatic ring is 1. The van der Waals surface area contributed by atoms with Crippen molar-refractivity contribution in [1.29, 1.82) is 0 Å². The van der Waals surface area contributed by atoms with Gasteiger partial charge in [-0.3, -0.25) is 10.9 Å². The van der Waals surface area contributed by atoms with E-state index >= 15 is 0 Å². The fourth-order valence-electron chi connectivity index (χ4n) is 1.67. The van der Waals surface area contributed by atoms with Crippen LogP contribution in [0.3, 0.4) is 0 Å². The second kappa shape index (κ2) is 6.25. The third-order valence-corrected chi connectivity index (χ3v) is 2.72. The first-order valence-corrected chi connectivity index (χ1v) is 6.21. The van der Waals surface area contributed by atoms with Crippen molar-refractivity contribution in [3.8, 4) is 0 Å². The van der Waals surface area contributed by atoms with Crippen LogP contribution in [0.2, 0.25) is 0 Å². The van der Waals surface area contributed by atoms with Gasteiger partial charge in [-0.2, -0.15) is 13.2 Å². The fourth-order valence-corrected chi connectivity index (χ4v) is 1.67. The summed E-state index contributed by atoms with van der Waals surface area (Å²) < 4.78 is 37.7. The SMILES string of the molecule is Nc1ccccc1NNC(=O)Nc1cccc(C(F)(F)F)c1. The summed E-state index contributed by atoms with van der Waals surface area (Å²) in [6.45, 7) is 0. The molecule has 5 nitrogen and oxygen atoms in total. The molecular formula is C14H13F3N4O. The number of benzene rings is 2. The van der Waals surface area contributed by atoms with Gasteiger partial charge in [-0.05, 0) is 30.3 Å². The Balaban J connectivity index is 1.97. The van der Waals surface area contributed by atoms with Crippen molar-refractivity contribution < 1.29 is 18.0 Å². The van der Waals surface area contributed by atoms with Gasteiger partial charge in [-0.1, -0.05) is 18.2 Å². The Morgan fingerprint density at radius 1 is 1.05 bits per heavy atom. The molecule has 0 spiro atoms. The first-order valence-electron chi connectivity index (χ1n) is 6.21. The summed E-state index contributed by atoms with van der Waals surface area (Å²) in [5.74, 6) is 0. The van der Waals surface area contributed by atoms with Crippen molar-refractivity contribution in [3.05, 3.63) is 54.1 Å². The van der Waals surface area contributed by atoms with Crippen molar-refractivity contribution in [1.82, 2.24) is 5.43 Å². The maximum absolute atomic E-state index is 12.6. The van der Waals surface area contributed by atoms with Gasteiger partial charge < -0.3 is 11.1 Å². The molecule has 2 rings (SSSR count). The number of hydrogen-bond donors (Lipinski definition) is 4. The zero-order valence-corrected chi connectivity index (χ0v) is 11.2. The Morgan fingerprint density at radius 3 is 2.45 bits per heavy atom. The number of nitrogens with one attached hydrogen (secondary N) is 3. The van der Waals surface area contributed by atoms with E-state index in [1.54, 1.807) is 24.3 Å². The molecule has 0 fully saturated rings. The highest BCUT2D eigenvalue weighted by atomic mass is 19.4. The van der Waals surface area contributed by atoms with Crippen LogP contribution in [0.15, 0.2) is 48.5 Å². The van der Waals surface area contributed by atoms with Gasteiger partial charge in [0.15, 0.2) is 0 Å². The summed E-state index contributed by atoms with van der Waals surface area (Å²) in [5, 5.41) is 2.29. The molecule has 5 N–H and O–H groups in total. The molecule has 8 heteroatoms. The van der Waals surface area contributed by atoms with Gasteiger partial charge in [0, 0.05) is 5.69 Å². The summed E-state index contributed by atoms with van der Waals surface area (Å²) in [7, 11) is 0. The van der Waals surface area contributed by atoms with Crippen LogP contribution in [0, 0.1) is 0 Å². The van der Waals surface area contributed by atoms with Gasteiger partial charge in [0.1, 0.15) is 0 Å². The largest absolute Gasteiger partial charge is 0.416 e. The van der Waals surface area contributed by atoms with E-state index in [-0.39, 0.29) is 5.69 Å². The zero-order valence-electron chi connectivity index (χ0n) is 11.2. The third kappa shape index (κ3) is 4.05. The Labute approximate surface area is 124 Å². The number of alkyl halides is 3. The van der Waals surface area contributed by atoms with E-state index in [1.807, 2.05) is 0 Å². The smallest absolute Gasteiger partial charge is 0.397 e. The molecule has 0 saturated carbocycles. The molecule has 2 aromatic carbocycles. The molecule has 0 aliphatic heterocycles. The maximum atomic E-state index is 12.6. The van der Waals surface area contributed by atoms with Gasteiger partial charge >= 0.3 is 12.2 Å². The van der Waals surface area contributed by atoms with Gasteiger partial charge in [0.25, 0.3) is 0 Å². The molecule has 0 aromatic heterocycles. The van der Waals surface area contributed by atoms with E-state index < -0.39 is 17.8 Å². The van der Waals surface area contributed by atoms with Crippen molar-refractivity contribution in [2.24, 2.45) is 0 Å². The normalized spacial score (nSPS) is 10.9. The minimum Gasteiger partial charge on any atom is -0.397 e. The van der Waals surface area contributed by atoms with E-state index in [9.17, 15) is 18.0 Å². The molecule has 22 heavy (non-hydrogen) atoms. The van der Waals surface area contributed by atoms with Gasteiger partial charge in [0.2, 0.25) is 0 Å². The van der Waals surface area contributed by atoms with Crippen molar-refractivity contribution in [2.75, 3.05) is 16.5 Å². The van der Waals surface area contributed by atoms with Gasteiger partial charge in [-0.25, -0.2) is 4.79 Å². The molecule has 0 aliphatic carbocycles. The summed E-state index contributed by atoms with van der Waals surface area (Å²) in [6.07, 6.45) is -4.47. The minimum atomic E-state index is -4.47. The minimum absolute atomic E-state index is 0.0233. The summed E-state index contributed by atoms with van der Waals surface area (Å²) in [5.41, 5.74) is 10.6. The number of para-hydroxylation sites is 2. The van der Waals surface area contributed by atoms with Crippen LogP contribution in [-0.2, 0) is 6.18 Å². The Morgan fingerprint density at radius 2 is 1.77 bits per heavy atom. The van der Waals surface area contributed by atoms with Crippen molar-refractivity contribution >= 4 is 23.1 Å². The lowest BCUT2D eigenvalue weighted by Gasteiger charge is -2.12. The molecule has 0 radical (unpaired) electrons. The Kier molecular flexibility index (Phi) is 4.40. The van der Waals surface area contributed by atoms with Crippen LogP contribution in [0.5, 0.6) is 0 Å². The second-order valence-electron chi connectivity index (χ2n) is 4.37. The number of urea groups is 1. The standard InChI is InChI=1S/C14H13F3N4O/c15-14(16,17)9-4-3-5-10(8-9)19-13(22)21-20-12-7-2-1-6-11(12)18/h1-8,20H,18H2,(H2,19,21,22). The van der Waals surface area contributed by atoms with Crippen LogP contribution in [0.25, 0.3) is 0 Å². The third-order valence-electron chi connectivity index (χ3n) is 2.72. The molecule has 0 heterocycles. The van der Waals surface area contributed by atoms with E-state index in [0.29, 0.717) is 11.4 Å². The molecule has 0 aliphatic rings. The number of rotatable bonds is 3.